The van der Waals surface area contributed by atoms with Gasteiger partial charge in [-0.05, 0) is 41.1 Å². The van der Waals surface area contributed by atoms with Crippen LogP contribution in [0.3, 0.4) is 0 Å². The van der Waals surface area contributed by atoms with Gasteiger partial charge in [0.15, 0.2) is 5.82 Å². The van der Waals surface area contributed by atoms with Crippen LogP contribution in [0.2, 0.25) is 10.0 Å². The Morgan fingerprint density at radius 1 is 0.966 bits per heavy atom. The van der Waals surface area contributed by atoms with Crippen molar-refractivity contribution in [3.8, 4) is 17.1 Å². The minimum Gasteiger partial charge on any atom is -0.489 e. The molecule has 0 N–H and O–H groups in total. The van der Waals surface area contributed by atoms with Crippen molar-refractivity contribution in [3.63, 3.8) is 0 Å². The molecule has 4 rings (SSSR count). The number of halogens is 2. The first-order valence-electron chi connectivity index (χ1n) is 9.08. The molecule has 7 heteroatoms. The molecule has 146 valence electrons. The van der Waals surface area contributed by atoms with Crippen molar-refractivity contribution in [2.45, 2.75) is 20.1 Å². The number of rotatable bonds is 6. The summed E-state index contributed by atoms with van der Waals surface area (Å²) in [6.07, 6.45) is 0. The molecule has 29 heavy (non-hydrogen) atoms. The van der Waals surface area contributed by atoms with Gasteiger partial charge in [-0.15, -0.1) is 5.10 Å². The third kappa shape index (κ3) is 4.42. The fourth-order valence-corrected chi connectivity index (χ4v) is 3.43. The number of tetrazole rings is 1. The van der Waals surface area contributed by atoms with Gasteiger partial charge >= 0.3 is 0 Å². The van der Waals surface area contributed by atoms with Gasteiger partial charge in [0.2, 0.25) is 0 Å². The highest BCUT2D eigenvalue weighted by molar-refractivity contribution is 6.43. The molecule has 0 amide bonds. The fraction of sp³-hybridized carbons (Fsp3) is 0.136. The largest absolute Gasteiger partial charge is 0.489 e. The Morgan fingerprint density at radius 2 is 1.79 bits per heavy atom. The van der Waals surface area contributed by atoms with E-state index in [9.17, 15) is 0 Å². The average molecular weight is 425 g/mol. The first-order valence-corrected chi connectivity index (χ1v) is 9.84. The molecule has 0 radical (unpaired) electrons. The lowest BCUT2D eigenvalue weighted by atomic mass is 10.1. The zero-order chi connectivity index (χ0) is 20.2. The van der Waals surface area contributed by atoms with Crippen LogP contribution in [0, 0.1) is 6.92 Å². The third-order valence-corrected chi connectivity index (χ3v) is 5.32. The SMILES string of the molecule is Cc1ccc(OCc2ccccc2)c(Cn2nnnc2-c2cccc(Cl)c2Cl)c1. The van der Waals surface area contributed by atoms with Crippen LogP contribution in [-0.4, -0.2) is 20.2 Å². The van der Waals surface area contributed by atoms with Gasteiger partial charge in [-0.1, -0.05) is 77.3 Å². The molecule has 3 aromatic carbocycles. The van der Waals surface area contributed by atoms with Crippen LogP contribution < -0.4 is 4.74 Å². The zero-order valence-corrected chi connectivity index (χ0v) is 17.2. The van der Waals surface area contributed by atoms with Crippen molar-refractivity contribution >= 4 is 23.2 Å². The summed E-state index contributed by atoms with van der Waals surface area (Å²) in [5.74, 6) is 1.34. The van der Waals surface area contributed by atoms with Gasteiger partial charge in [0, 0.05) is 11.1 Å². The second-order valence-electron chi connectivity index (χ2n) is 6.65. The maximum Gasteiger partial charge on any atom is 0.183 e. The molecule has 4 aromatic rings. The van der Waals surface area contributed by atoms with E-state index in [4.69, 9.17) is 27.9 Å². The van der Waals surface area contributed by atoms with E-state index in [1.807, 2.05) is 61.5 Å². The van der Waals surface area contributed by atoms with E-state index in [0.29, 0.717) is 34.6 Å². The van der Waals surface area contributed by atoms with Gasteiger partial charge in [-0.3, -0.25) is 0 Å². The summed E-state index contributed by atoms with van der Waals surface area (Å²) < 4.78 is 7.78. The van der Waals surface area contributed by atoms with E-state index < -0.39 is 0 Å². The van der Waals surface area contributed by atoms with E-state index in [2.05, 4.69) is 21.6 Å². The molecule has 1 aromatic heterocycles. The number of nitrogens with zero attached hydrogens (tertiary/aromatic N) is 4. The summed E-state index contributed by atoms with van der Waals surface area (Å²) in [5, 5.41) is 13.0. The zero-order valence-electron chi connectivity index (χ0n) is 15.7. The Bertz CT molecular complexity index is 1130. The number of ether oxygens (including phenoxy) is 1. The molecule has 0 fully saturated rings. The number of hydrogen-bond donors (Lipinski definition) is 0. The smallest absolute Gasteiger partial charge is 0.183 e. The molecule has 0 atom stereocenters. The van der Waals surface area contributed by atoms with Gasteiger partial charge in [0.05, 0.1) is 16.6 Å². The summed E-state index contributed by atoms with van der Waals surface area (Å²) in [4.78, 5) is 0. The van der Waals surface area contributed by atoms with Crippen LogP contribution in [0.1, 0.15) is 16.7 Å². The van der Waals surface area contributed by atoms with Crippen molar-refractivity contribution in [2.75, 3.05) is 0 Å². The molecule has 5 nitrogen and oxygen atoms in total. The molecule has 0 bridgehead atoms. The Labute approximate surface area is 178 Å². The summed E-state index contributed by atoms with van der Waals surface area (Å²) in [5.41, 5.74) is 3.89. The maximum atomic E-state index is 6.37. The Kier molecular flexibility index (Phi) is 5.79. The number of benzene rings is 3. The molecule has 0 saturated carbocycles. The van der Waals surface area contributed by atoms with Crippen LogP contribution in [0.4, 0.5) is 0 Å². The number of aromatic nitrogens is 4. The summed E-state index contributed by atoms with van der Waals surface area (Å²) in [7, 11) is 0. The van der Waals surface area contributed by atoms with Gasteiger partial charge in [-0.2, -0.15) is 0 Å². The molecule has 0 aliphatic carbocycles. The minimum atomic E-state index is 0.426. The second kappa shape index (κ2) is 8.64. The highest BCUT2D eigenvalue weighted by Gasteiger charge is 2.16. The molecule has 0 unspecified atom stereocenters. The van der Waals surface area contributed by atoms with Gasteiger partial charge in [0.25, 0.3) is 0 Å². The van der Waals surface area contributed by atoms with Crippen molar-refractivity contribution in [3.05, 3.63) is 93.5 Å². The van der Waals surface area contributed by atoms with Crippen molar-refractivity contribution in [1.82, 2.24) is 20.2 Å². The summed E-state index contributed by atoms with van der Waals surface area (Å²) >= 11 is 12.5. The maximum absolute atomic E-state index is 6.37. The molecule has 0 spiro atoms. The van der Waals surface area contributed by atoms with Gasteiger partial charge in [0.1, 0.15) is 12.4 Å². The predicted octanol–water partition coefficient (Wildman–Crippen LogP) is 5.58. The van der Waals surface area contributed by atoms with Crippen LogP contribution in [0.5, 0.6) is 5.75 Å². The lowest BCUT2D eigenvalue weighted by molar-refractivity contribution is 0.302. The summed E-state index contributed by atoms with van der Waals surface area (Å²) in [6, 6.07) is 21.5. The van der Waals surface area contributed by atoms with Crippen LogP contribution in [0.15, 0.2) is 66.7 Å². The molecular weight excluding hydrogens is 407 g/mol. The van der Waals surface area contributed by atoms with E-state index in [1.54, 1.807) is 10.7 Å². The van der Waals surface area contributed by atoms with Crippen LogP contribution in [-0.2, 0) is 13.2 Å². The fourth-order valence-electron chi connectivity index (χ4n) is 3.05. The Hall–Kier alpha value is -2.89. The molecule has 1 heterocycles. The first kappa shape index (κ1) is 19.4. The van der Waals surface area contributed by atoms with Crippen molar-refractivity contribution in [2.24, 2.45) is 0 Å². The predicted molar refractivity (Wildman–Crippen MR) is 114 cm³/mol. The quantitative estimate of drug-likeness (QED) is 0.405. The summed E-state index contributed by atoms with van der Waals surface area (Å²) in [6.45, 7) is 2.97. The normalized spacial score (nSPS) is 10.9. The van der Waals surface area contributed by atoms with Crippen LogP contribution >= 0.6 is 23.2 Å². The molecular formula is C22H18Cl2N4O. The van der Waals surface area contributed by atoms with Crippen LogP contribution in [0.25, 0.3) is 11.4 Å². The highest BCUT2D eigenvalue weighted by atomic mass is 35.5. The standard InChI is InChI=1S/C22H18Cl2N4O/c1-15-10-11-20(29-14-16-6-3-2-4-7-16)17(12-15)13-28-22(25-26-27-28)18-8-5-9-19(23)21(18)24/h2-12H,13-14H2,1H3. The Morgan fingerprint density at radius 3 is 2.62 bits per heavy atom. The van der Waals surface area contributed by atoms with Crippen molar-refractivity contribution < 1.29 is 4.74 Å². The molecule has 0 aliphatic rings. The van der Waals surface area contributed by atoms with Gasteiger partial charge in [-0.25, -0.2) is 4.68 Å². The van der Waals surface area contributed by atoms with E-state index in [1.165, 1.54) is 0 Å². The van der Waals surface area contributed by atoms with E-state index in [0.717, 1.165) is 22.4 Å². The second-order valence-corrected chi connectivity index (χ2v) is 7.43. The minimum absolute atomic E-state index is 0.426. The Balaban J connectivity index is 1.63. The highest BCUT2D eigenvalue weighted by Crippen LogP contribution is 2.32. The van der Waals surface area contributed by atoms with Gasteiger partial charge < -0.3 is 4.74 Å². The van der Waals surface area contributed by atoms with E-state index in [-0.39, 0.29) is 0 Å². The van der Waals surface area contributed by atoms with Crippen molar-refractivity contribution in [1.29, 1.82) is 0 Å². The first-order chi connectivity index (χ1) is 14.1. The lowest BCUT2D eigenvalue weighted by Gasteiger charge is -2.13. The average Bonchev–Trinajstić information content (AvgIpc) is 3.18. The number of aryl methyl sites for hydroxylation is 1. The third-order valence-electron chi connectivity index (χ3n) is 4.50. The topological polar surface area (TPSA) is 52.8 Å². The monoisotopic (exact) mass is 424 g/mol. The molecule has 0 aliphatic heterocycles. The molecule has 0 saturated heterocycles. The number of hydrogen-bond acceptors (Lipinski definition) is 4. The van der Waals surface area contributed by atoms with E-state index >= 15 is 0 Å². The lowest BCUT2D eigenvalue weighted by Crippen LogP contribution is -2.07.